The van der Waals surface area contributed by atoms with Crippen LogP contribution in [0.2, 0.25) is 0 Å². The van der Waals surface area contributed by atoms with Gasteiger partial charge in [-0.2, -0.15) is 25.3 Å². The van der Waals surface area contributed by atoms with Crippen molar-refractivity contribution in [2.24, 2.45) is 0 Å². The first-order valence-electron chi connectivity index (χ1n) is 2.60. The first kappa shape index (κ1) is 40.2. The maximum atomic E-state index is 9.08. The fourth-order valence-corrected chi connectivity index (χ4v) is 0. The molecule has 0 heterocycles. The van der Waals surface area contributed by atoms with Crippen LogP contribution in [-0.4, -0.2) is 209 Å². The van der Waals surface area contributed by atoms with E-state index in [1.165, 1.54) is 0 Å². The zero-order chi connectivity index (χ0) is 15.6. The maximum absolute atomic E-state index is 9.08. The summed E-state index contributed by atoms with van der Waals surface area (Å²) in [5.74, 6) is 0. The van der Waals surface area contributed by atoms with Crippen LogP contribution in [0.4, 0.5) is 0 Å². The van der Waals surface area contributed by atoms with Crippen molar-refractivity contribution >= 4 is 185 Å². The fourth-order valence-electron chi connectivity index (χ4n) is 0. The van der Waals surface area contributed by atoms with Crippen LogP contribution in [0.3, 0.4) is 0 Å². The minimum absolute atomic E-state index is 0. The Hall–Kier alpha value is 4.40. The van der Waals surface area contributed by atoms with Gasteiger partial charge in [-0.3, -0.25) is 13.7 Å². The van der Waals surface area contributed by atoms with Gasteiger partial charge in [0.25, 0.3) is 0 Å². The van der Waals surface area contributed by atoms with Gasteiger partial charge in [-0.05, 0) is 0 Å². The van der Waals surface area contributed by atoms with E-state index in [9.17, 15) is 0 Å². The molecule has 0 aromatic heterocycles. The van der Waals surface area contributed by atoms with Crippen LogP contribution < -0.4 is 0 Å². The van der Waals surface area contributed by atoms with Crippen LogP contribution in [0.5, 0.6) is 0 Å². The molecule has 0 amide bonds. The summed E-state index contributed by atoms with van der Waals surface area (Å²) < 4.78 is 83.9. The van der Waals surface area contributed by atoms with E-state index in [0.29, 0.717) is 0 Å². The molecule has 0 aromatic carbocycles. The molecule has 0 saturated carbocycles. The number of hydrogen-bond donors (Lipinski definition) is 6. The third-order valence-electron chi connectivity index (χ3n) is 0.283. The third kappa shape index (κ3) is 68.2. The van der Waals surface area contributed by atoms with Crippen molar-refractivity contribution in [3.8, 4) is 0 Å². The molecule has 21 heteroatoms. The van der Waals surface area contributed by atoms with Crippen molar-refractivity contribution in [1.29, 1.82) is 0 Å². The van der Waals surface area contributed by atoms with Gasteiger partial charge in [-0.1, -0.05) is 13.0 Å². The van der Waals surface area contributed by atoms with Gasteiger partial charge in [-0.15, -0.1) is 0 Å². The summed E-state index contributed by atoms with van der Waals surface area (Å²) in [4.78, 5) is 0. The zero-order valence-corrected chi connectivity index (χ0v) is 10.0. The normalized spacial score (nSPS) is 10.0. The Morgan fingerprint density at radius 2 is 0.524 bits per heavy atom. The van der Waals surface area contributed by atoms with Gasteiger partial charge in [0.15, 0.2) is 0 Å². The Bertz CT molecular complexity index is 406. The topological polar surface area (TPSA) is 251 Å². The molecule has 0 rings (SSSR count). The van der Waals surface area contributed by atoms with Gasteiger partial charge < -0.3 is 0 Å². The molecule has 0 aliphatic heterocycles. The van der Waals surface area contributed by atoms with E-state index in [4.69, 9.17) is 54.7 Å². The van der Waals surface area contributed by atoms with Gasteiger partial charge in [-0.25, -0.2) is 15.8 Å². The summed E-state index contributed by atoms with van der Waals surface area (Å²) in [6.45, 7) is 0. The first-order valence-corrected chi connectivity index (χ1v) is 6.69. The predicted molar refractivity (Wildman–Crippen MR) is 67.2 cm³/mol. The van der Waals surface area contributed by atoms with Gasteiger partial charge in [0.05, 0.1) is 0 Å². The summed E-state index contributed by atoms with van der Waals surface area (Å²) in [6.07, 6.45) is 0. The summed E-state index contributed by atoms with van der Waals surface area (Å²) >= 11 is 0. The molecule has 21 heavy (non-hydrogen) atoms. The summed E-state index contributed by atoms with van der Waals surface area (Å²) in [7, 11) is -13.8. The Balaban J connectivity index is -0.0000000375. The molecule has 0 radical (unpaired) electrons. The van der Waals surface area contributed by atoms with Crippen LogP contribution in [0.1, 0.15) is 0 Å². The molecule has 0 fully saturated rings. The van der Waals surface area contributed by atoms with Crippen molar-refractivity contribution in [3.05, 3.63) is 0 Å². The average Bonchev–Trinajstić information content (AvgIpc) is 2.16. The molecule has 0 aliphatic rings. The first-order chi connectivity index (χ1) is 7.68. The molecule has 0 spiro atoms. The van der Waals surface area contributed by atoms with Crippen molar-refractivity contribution in [3.63, 3.8) is 0 Å². The van der Waals surface area contributed by atoms with E-state index < -0.39 is 31.2 Å². The molecule has 0 atom stereocenters. The molecule has 6 N–H and O–H groups in total. The second kappa shape index (κ2) is 20.7. The molecule has 0 bridgehead atoms. The molecule has 120 valence electrons. The third-order valence-corrected chi connectivity index (χ3v) is 0.848. The summed E-state index contributed by atoms with van der Waals surface area (Å²) in [6, 6.07) is 0. The van der Waals surface area contributed by atoms with Gasteiger partial charge in [0.1, 0.15) is 0 Å². The van der Waals surface area contributed by atoms with Crippen molar-refractivity contribution in [2.45, 2.75) is 0 Å². The van der Waals surface area contributed by atoms with E-state index in [-0.39, 0.29) is 154 Å². The van der Waals surface area contributed by atoms with Crippen molar-refractivity contribution in [2.75, 3.05) is 0 Å². The molecule has 0 saturated heterocycles. The predicted octanol–water partition coefficient (Wildman–Crippen LogP) is -4.11. The van der Waals surface area contributed by atoms with Crippen LogP contribution in [0.15, 0.2) is 0 Å². The molecule has 0 unspecified atom stereocenters. The van der Waals surface area contributed by atoms with Crippen molar-refractivity contribution < 1.29 is 67.7 Å². The van der Waals surface area contributed by atoms with E-state index in [2.05, 4.69) is 13.0 Å². The second-order valence-corrected chi connectivity index (χ2v) is 4.52. The quantitative estimate of drug-likeness (QED) is 0.101. The van der Waals surface area contributed by atoms with Crippen LogP contribution in [0.25, 0.3) is 0 Å². The fraction of sp³-hybridized carbons (Fsp3) is 0. The average molecular weight is 463 g/mol. The molecule has 15 nitrogen and oxygen atoms in total. The van der Waals surface area contributed by atoms with Crippen LogP contribution >= 0.6 is 0 Å². The van der Waals surface area contributed by atoms with Gasteiger partial charge in [0.2, 0.25) is 0 Å². The Morgan fingerprint density at radius 3 is 0.524 bits per heavy atom. The molecular weight excluding hydrogens is 453 g/mol. The van der Waals surface area contributed by atoms with E-state index in [1.807, 2.05) is 0 Å². The number of rotatable bonds is 3. The zero-order valence-electron chi connectivity index (χ0n) is 7.58. The van der Waals surface area contributed by atoms with Crippen LogP contribution in [-0.2, 0) is 44.2 Å². The van der Waals surface area contributed by atoms with Crippen molar-refractivity contribution in [1.82, 2.24) is 0 Å². The molecular formula is H9K3O15S3. The molecule has 0 aliphatic carbocycles. The standard InChI is InChI=1S/3K.3H2O5S.3H/c;;;3*1-5-6(2,3)4;;;/h;;;3*1H,(H,2,3,4);;;. The Kier molecular flexibility index (Phi) is 39.6. The monoisotopic (exact) mass is 462 g/mol. The van der Waals surface area contributed by atoms with E-state index >= 15 is 0 Å². The summed E-state index contributed by atoms with van der Waals surface area (Å²) in [5.41, 5.74) is 0. The molecule has 0 aromatic rings. The van der Waals surface area contributed by atoms with E-state index in [0.717, 1.165) is 0 Å². The SMILES string of the molecule is O=S(=O)(O)OO.O=S(=O)(O)OO.O=S(=O)(O)OO.[KH].[KH].[KH]. The van der Waals surface area contributed by atoms with E-state index in [1.54, 1.807) is 0 Å². The summed E-state index contributed by atoms with van der Waals surface area (Å²) in [5, 5.41) is 21.2. The Morgan fingerprint density at radius 1 is 0.476 bits per heavy atom. The second-order valence-electron chi connectivity index (χ2n) is 1.51. The number of hydrogen-bond acceptors (Lipinski definition) is 12. The minimum atomic E-state index is -4.61. The van der Waals surface area contributed by atoms with Crippen LogP contribution in [0, 0.1) is 0 Å². The Labute approximate surface area is 246 Å². The van der Waals surface area contributed by atoms with Gasteiger partial charge >= 0.3 is 185 Å². The van der Waals surface area contributed by atoms with Gasteiger partial charge in [0, 0.05) is 0 Å².